The molecule has 2 saturated heterocycles. The van der Waals surface area contributed by atoms with Crippen LogP contribution >= 0.6 is 0 Å². The molecule has 2 amide bonds. The van der Waals surface area contributed by atoms with Crippen LogP contribution in [0.2, 0.25) is 0 Å². The minimum atomic E-state index is -0.0774. The predicted molar refractivity (Wildman–Crippen MR) is 64.5 cm³/mol. The van der Waals surface area contributed by atoms with Gasteiger partial charge in [0.1, 0.15) is 0 Å². The van der Waals surface area contributed by atoms with E-state index in [0.717, 1.165) is 38.9 Å². The van der Waals surface area contributed by atoms with Gasteiger partial charge in [-0.2, -0.15) is 0 Å². The highest BCUT2D eigenvalue weighted by molar-refractivity contribution is 5.89. The number of likely N-dealkylation sites (tertiary alicyclic amines) is 2. The standard InChI is InChI=1S/C12H21N3O2/c1-2-13-10-5-8-15(12(10)17)9-11(16)14-6-3-4-7-14/h10,13H,2-9H2,1H3. The normalized spacial score (nSPS) is 24.8. The highest BCUT2D eigenvalue weighted by Crippen LogP contribution is 2.13. The van der Waals surface area contributed by atoms with E-state index >= 15 is 0 Å². The number of amides is 2. The van der Waals surface area contributed by atoms with E-state index in [1.165, 1.54) is 0 Å². The fourth-order valence-electron chi connectivity index (χ4n) is 2.56. The summed E-state index contributed by atoms with van der Waals surface area (Å²) in [6.45, 7) is 5.47. The number of rotatable bonds is 4. The minimum absolute atomic E-state index is 0.0774. The third kappa shape index (κ3) is 2.77. The van der Waals surface area contributed by atoms with E-state index in [1.807, 2.05) is 11.8 Å². The van der Waals surface area contributed by atoms with Crippen LogP contribution in [0.3, 0.4) is 0 Å². The molecule has 2 rings (SSSR count). The fraction of sp³-hybridized carbons (Fsp3) is 0.833. The average molecular weight is 239 g/mol. The van der Waals surface area contributed by atoms with Crippen molar-refractivity contribution in [2.45, 2.75) is 32.2 Å². The van der Waals surface area contributed by atoms with Gasteiger partial charge in [0.25, 0.3) is 0 Å². The second-order valence-electron chi connectivity index (χ2n) is 4.75. The van der Waals surface area contributed by atoms with Crippen LogP contribution < -0.4 is 5.32 Å². The number of carbonyl (C=O) groups excluding carboxylic acids is 2. The predicted octanol–water partition coefficient (Wildman–Crippen LogP) is -0.181. The SMILES string of the molecule is CCNC1CCN(CC(=O)N2CCCC2)C1=O. The third-order valence-corrected chi connectivity index (χ3v) is 3.53. The Morgan fingerprint density at radius 2 is 2.06 bits per heavy atom. The van der Waals surface area contributed by atoms with Gasteiger partial charge in [0.2, 0.25) is 11.8 Å². The maximum absolute atomic E-state index is 11.9. The summed E-state index contributed by atoms with van der Waals surface area (Å²) in [5.41, 5.74) is 0. The monoisotopic (exact) mass is 239 g/mol. The van der Waals surface area contributed by atoms with E-state index in [2.05, 4.69) is 5.32 Å². The van der Waals surface area contributed by atoms with Crippen molar-refractivity contribution in [2.24, 2.45) is 0 Å². The summed E-state index contributed by atoms with van der Waals surface area (Å²) in [4.78, 5) is 27.4. The molecule has 1 unspecified atom stereocenters. The second-order valence-corrected chi connectivity index (χ2v) is 4.75. The first-order chi connectivity index (χ1) is 8.22. The van der Waals surface area contributed by atoms with Crippen molar-refractivity contribution in [3.05, 3.63) is 0 Å². The molecule has 1 atom stereocenters. The lowest BCUT2D eigenvalue weighted by Gasteiger charge is -2.21. The first-order valence-electron chi connectivity index (χ1n) is 6.52. The van der Waals surface area contributed by atoms with Crippen molar-refractivity contribution in [1.29, 1.82) is 0 Å². The highest BCUT2D eigenvalue weighted by atomic mass is 16.2. The number of nitrogens with zero attached hydrogens (tertiary/aromatic N) is 2. The van der Waals surface area contributed by atoms with E-state index in [-0.39, 0.29) is 24.4 Å². The first kappa shape index (κ1) is 12.4. The van der Waals surface area contributed by atoms with Crippen LogP contribution in [0.5, 0.6) is 0 Å². The lowest BCUT2D eigenvalue weighted by atomic mass is 10.2. The average Bonchev–Trinajstić information content (AvgIpc) is 2.94. The molecule has 1 N–H and O–H groups in total. The van der Waals surface area contributed by atoms with Crippen LogP contribution in [0.15, 0.2) is 0 Å². The van der Waals surface area contributed by atoms with Crippen LogP contribution in [0.25, 0.3) is 0 Å². The van der Waals surface area contributed by atoms with Crippen molar-refractivity contribution < 1.29 is 9.59 Å². The Labute approximate surface area is 102 Å². The summed E-state index contributed by atoms with van der Waals surface area (Å²) in [5.74, 6) is 0.187. The Morgan fingerprint density at radius 3 is 2.71 bits per heavy atom. The van der Waals surface area contributed by atoms with Gasteiger partial charge in [-0.25, -0.2) is 0 Å². The zero-order valence-corrected chi connectivity index (χ0v) is 10.4. The molecule has 0 aromatic heterocycles. The second kappa shape index (κ2) is 5.49. The topological polar surface area (TPSA) is 52.7 Å². The van der Waals surface area contributed by atoms with E-state index in [4.69, 9.17) is 0 Å². The molecule has 5 nitrogen and oxygen atoms in total. The van der Waals surface area contributed by atoms with Gasteiger partial charge in [0.15, 0.2) is 0 Å². The van der Waals surface area contributed by atoms with E-state index < -0.39 is 0 Å². The molecular weight excluding hydrogens is 218 g/mol. The molecule has 17 heavy (non-hydrogen) atoms. The molecule has 0 aromatic rings. The summed E-state index contributed by atoms with van der Waals surface area (Å²) in [6.07, 6.45) is 3.01. The van der Waals surface area contributed by atoms with Crippen molar-refractivity contribution in [3.8, 4) is 0 Å². The van der Waals surface area contributed by atoms with Crippen molar-refractivity contribution in [3.63, 3.8) is 0 Å². The lowest BCUT2D eigenvalue weighted by Crippen LogP contribution is -2.43. The van der Waals surface area contributed by atoms with Gasteiger partial charge in [-0.3, -0.25) is 9.59 Å². The van der Waals surface area contributed by atoms with Gasteiger partial charge in [0, 0.05) is 19.6 Å². The Morgan fingerprint density at radius 1 is 1.35 bits per heavy atom. The van der Waals surface area contributed by atoms with Crippen LogP contribution in [0.1, 0.15) is 26.2 Å². The van der Waals surface area contributed by atoms with E-state index in [0.29, 0.717) is 6.54 Å². The minimum Gasteiger partial charge on any atom is -0.341 e. The lowest BCUT2D eigenvalue weighted by molar-refractivity contribution is -0.138. The quantitative estimate of drug-likeness (QED) is 0.740. The number of carbonyl (C=O) groups is 2. The van der Waals surface area contributed by atoms with Gasteiger partial charge in [-0.05, 0) is 25.8 Å². The maximum Gasteiger partial charge on any atom is 0.242 e. The third-order valence-electron chi connectivity index (χ3n) is 3.53. The van der Waals surface area contributed by atoms with Crippen molar-refractivity contribution in [2.75, 3.05) is 32.7 Å². The van der Waals surface area contributed by atoms with Crippen LogP contribution in [-0.4, -0.2) is 60.4 Å². The molecule has 0 bridgehead atoms. The fourth-order valence-corrected chi connectivity index (χ4v) is 2.56. The summed E-state index contributed by atoms with van der Waals surface area (Å²) >= 11 is 0. The van der Waals surface area contributed by atoms with Gasteiger partial charge in [-0.15, -0.1) is 0 Å². The molecule has 0 radical (unpaired) electrons. The highest BCUT2D eigenvalue weighted by Gasteiger charge is 2.33. The molecule has 0 spiro atoms. The molecule has 0 aromatic carbocycles. The molecule has 0 saturated carbocycles. The Kier molecular flexibility index (Phi) is 3.99. The number of hydrogen-bond donors (Lipinski definition) is 1. The van der Waals surface area contributed by atoms with E-state index in [9.17, 15) is 9.59 Å². The first-order valence-corrected chi connectivity index (χ1v) is 6.52. The van der Waals surface area contributed by atoms with Crippen molar-refractivity contribution >= 4 is 11.8 Å². The Balaban J connectivity index is 1.83. The van der Waals surface area contributed by atoms with E-state index in [1.54, 1.807) is 4.90 Å². The molecule has 2 heterocycles. The number of likely N-dealkylation sites (N-methyl/N-ethyl adjacent to an activating group) is 1. The largest absolute Gasteiger partial charge is 0.341 e. The molecule has 2 fully saturated rings. The van der Waals surface area contributed by atoms with Crippen LogP contribution in [0, 0.1) is 0 Å². The summed E-state index contributed by atoms with van der Waals surface area (Å²) < 4.78 is 0. The zero-order chi connectivity index (χ0) is 12.3. The molecule has 2 aliphatic heterocycles. The smallest absolute Gasteiger partial charge is 0.242 e. The van der Waals surface area contributed by atoms with Crippen LogP contribution in [-0.2, 0) is 9.59 Å². The Hall–Kier alpha value is -1.10. The maximum atomic E-state index is 11.9. The van der Waals surface area contributed by atoms with Crippen LogP contribution in [0.4, 0.5) is 0 Å². The van der Waals surface area contributed by atoms with Gasteiger partial charge in [0.05, 0.1) is 12.6 Å². The van der Waals surface area contributed by atoms with Gasteiger partial charge < -0.3 is 15.1 Å². The molecule has 5 heteroatoms. The van der Waals surface area contributed by atoms with Gasteiger partial charge in [-0.1, -0.05) is 6.92 Å². The summed E-state index contributed by atoms with van der Waals surface area (Å²) in [7, 11) is 0. The summed E-state index contributed by atoms with van der Waals surface area (Å²) in [6, 6.07) is -0.0774. The number of nitrogens with one attached hydrogen (secondary N) is 1. The molecule has 2 aliphatic rings. The molecule has 0 aliphatic carbocycles. The summed E-state index contributed by atoms with van der Waals surface area (Å²) in [5, 5.41) is 3.15. The number of hydrogen-bond acceptors (Lipinski definition) is 3. The van der Waals surface area contributed by atoms with Crippen molar-refractivity contribution in [1.82, 2.24) is 15.1 Å². The molecular formula is C12H21N3O2. The zero-order valence-electron chi connectivity index (χ0n) is 10.4. The molecule has 96 valence electrons. The van der Waals surface area contributed by atoms with Gasteiger partial charge >= 0.3 is 0 Å². The Bertz CT molecular complexity index is 300.